The molecular formula is C12H14N2O4. The first-order valence-corrected chi connectivity index (χ1v) is 5.49. The summed E-state index contributed by atoms with van der Waals surface area (Å²) in [4.78, 5) is 24.3. The van der Waals surface area contributed by atoms with Gasteiger partial charge in [0.25, 0.3) is 0 Å². The molecule has 1 aliphatic heterocycles. The van der Waals surface area contributed by atoms with E-state index >= 15 is 0 Å². The van der Waals surface area contributed by atoms with Gasteiger partial charge in [-0.25, -0.2) is 0 Å². The number of benzene rings is 1. The van der Waals surface area contributed by atoms with Crippen LogP contribution in [0.25, 0.3) is 0 Å². The minimum Gasteiger partial charge on any atom is -0.504 e. The maximum Gasteiger partial charge on any atom is 0.227 e. The number of hydrogen-bond donors (Lipinski definition) is 2. The summed E-state index contributed by atoms with van der Waals surface area (Å²) in [6.45, 7) is 0.266. The minimum absolute atomic E-state index is 0.000604. The number of aromatic hydroxyl groups is 1. The summed E-state index contributed by atoms with van der Waals surface area (Å²) in [5.41, 5.74) is 5.78. The summed E-state index contributed by atoms with van der Waals surface area (Å²) in [5, 5.41) is 9.48. The smallest absolute Gasteiger partial charge is 0.227 e. The van der Waals surface area contributed by atoms with Gasteiger partial charge in [-0.05, 0) is 12.1 Å². The first-order valence-electron chi connectivity index (χ1n) is 5.49. The molecule has 3 N–H and O–H groups in total. The highest BCUT2D eigenvalue weighted by Crippen LogP contribution is 2.33. The van der Waals surface area contributed by atoms with Crippen LogP contribution in [0.15, 0.2) is 18.2 Å². The van der Waals surface area contributed by atoms with E-state index in [-0.39, 0.29) is 30.4 Å². The molecule has 6 nitrogen and oxygen atoms in total. The number of phenols is 1. The SMILES string of the molecule is COc1cc(N2CC(C(N)=O)CC2=O)ccc1O. The van der Waals surface area contributed by atoms with Gasteiger partial charge in [-0.15, -0.1) is 0 Å². The average Bonchev–Trinajstić information content (AvgIpc) is 2.72. The molecule has 2 amide bonds. The van der Waals surface area contributed by atoms with E-state index < -0.39 is 11.8 Å². The summed E-state index contributed by atoms with van der Waals surface area (Å²) in [7, 11) is 1.43. The molecule has 0 aliphatic carbocycles. The van der Waals surface area contributed by atoms with Crippen molar-refractivity contribution in [1.82, 2.24) is 0 Å². The number of methoxy groups -OCH3 is 1. The third-order valence-corrected chi connectivity index (χ3v) is 3.00. The number of ether oxygens (including phenoxy) is 1. The molecule has 1 saturated heterocycles. The number of amides is 2. The van der Waals surface area contributed by atoms with Crippen molar-refractivity contribution >= 4 is 17.5 Å². The number of rotatable bonds is 3. The third-order valence-electron chi connectivity index (χ3n) is 3.00. The second kappa shape index (κ2) is 4.56. The van der Waals surface area contributed by atoms with Gasteiger partial charge in [0.15, 0.2) is 11.5 Å². The molecule has 1 aromatic rings. The van der Waals surface area contributed by atoms with Crippen molar-refractivity contribution in [2.75, 3.05) is 18.6 Å². The number of carbonyl (C=O) groups is 2. The van der Waals surface area contributed by atoms with Crippen molar-refractivity contribution in [3.63, 3.8) is 0 Å². The number of nitrogens with zero attached hydrogens (tertiary/aromatic N) is 1. The number of carbonyl (C=O) groups excluding carboxylic acids is 2. The van der Waals surface area contributed by atoms with Gasteiger partial charge in [0, 0.05) is 24.7 Å². The normalized spacial score (nSPS) is 19.1. The molecule has 96 valence electrons. The van der Waals surface area contributed by atoms with Crippen LogP contribution in [0.3, 0.4) is 0 Å². The second-order valence-corrected chi connectivity index (χ2v) is 4.16. The Morgan fingerprint density at radius 1 is 1.56 bits per heavy atom. The molecule has 1 aromatic carbocycles. The van der Waals surface area contributed by atoms with Crippen LogP contribution in [0.2, 0.25) is 0 Å². The van der Waals surface area contributed by atoms with E-state index in [0.717, 1.165) is 0 Å². The number of nitrogens with two attached hydrogens (primary N) is 1. The van der Waals surface area contributed by atoms with E-state index in [0.29, 0.717) is 5.69 Å². The largest absolute Gasteiger partial charge is 0.504 e. The Morgan fingerprint density at radius 3 is 2.83 bits per heavy atom. The lowest BCUT2D eigenvalue weighted by Gasteiger charge is -2.17. The molecule has 0 saturated carbocycles. The van der Waals surface area contributed by atoms with Gasteiger partial charge in [-0.2, -0.15) is 0 Å². The van der Waals surface area contributed by atoms with E-state index in [4.69, 9.17) is 10.5 Å². The average molecular weight is 250 g/mol. The number of phenolic OH excluding ortho intramolecular Hbond substituents is 1. The van der Waals surface area contributed by atoms with Gasteiger partial charge in [0.05, 0.1) is 13.0 Å². The molecule has 6 heteroatoms. The van der Waals surface area contributed by atoms with Gasteiger partial charge in [0.2, 0.25) is 11.8 Å². The van der Waals surface area contributed by atoms with E-state index in [1.54, 1.807) is 12.1 Å². The number of primary amides is 1. The topological polar surface area (TPSA) is 92.9 Å². The highest BCUT2D eigenvalue weighted by Gasteiger charge is 2.34. The summed E-state index contributed by atoms with van der Waals surface area (Å²) >= 11 is 0. The fraction of sp³-hybridized carbons (Fsp3) is 0.333. The lowest BCUT2D eigenvalue weighted by atomic mass is 10.1. The van der Waals surface area contributed by atoms with Gasteiger partial charge >= 0.3 is 0 Å². The molecule has 0 radical (unpaired) electrons. The molecule has 1 aliphatic rings. The third kappa shape index (κ3) is 2.09. The summed E-state index contributed by atoms with van der Waals surface area (Å²) in [5.74, 6) is -0.817. The van der Waals surface area contributed by atoms with Crippen LogP contribution < -0.4 is 15.4 Å². The molecular weight excluding hydrogens is 236 g/mol. The quantitative estimate of drug-likeness (QED) is 0.803. The van der Waals surface area contributed by atoms with E-state index in [1.165, 1.54) is 18.1 Å². The van der Waals surface area contributed by atoms with Crippen LogP contribution in [0, 0.1) is 5.92 Å². The number of anilines is 1. The molecule has 2 rings (SSSR count). The zero-order chi connectivity index (χ0) is 13.3. The van der Waals surface area contributed by atoms with Crippen molar-refractivity contribution in [1.29, 1.82) is 0 Å². The fourth-order valence-electron chi connectivity index (χ4n) is 1.98. The zero-order valence-electron chi connectivity index (χ0n) is 9.92. The Hall–Kier alpha value is -2.24. The highest BCUT2D eigenvalue weighted by molar-refractivity contribution is 6.00. The fourth-order valence-corrected chi connectivity index (χ4v) is 1.98. The van der Waals surface area contributed by atoms with E-state index in [1.807, 2.05) is 0 Å². The number of hydrogen-bond acceptors (Lipinski definition) is 4. The van der Waals surface area contributed by atoms with Crippen LogP contribution in [0.4, 0.5) is 5.69 Å². The summed E-state index contributed by atoms with van der Waals surface area (Å²) in [6.07, 6.45) is 0.124. The molecule has 0 aromatic heterocycles. The Balaban J connectivity index is 2.27. The molecule has 0 spiro atoms. The predicted molar refractivity (Wildman–Crippen MR) is 64.3 cm³/mol. The molecule has 1 heterocycles. The van der Waals surface area contributed by atoms with Gasteiger partial charge in [-0.1, -0.05) is 0 Å². The Bertz CT molecular complexity index is 501. The van der Waals surface area contributed by atoms with Crippen LogP contribution >= 0.6 is 0 Å². The monoisotopic (exact) mass is 250 g/mol. The second-order valence-electron chi connectivity index (χ2n) is 4.16. The van der Waals surface area contributed by atoms with Gasteiger partial charge < -0.3 is 20.5 Å². The Labute approximate surface area is 104 Å². The molecule has 18 heavy (non-hydrogen) atoms. The minimum atomic E-state index is -0.475. The van der Waals surface area contributed by atoms with Crippen LogP contribution in [-0.4, -0.2) is 30.6 Å². The van der Waals surface area contributed by atoms with Crippen LogP contribution in [-0.2, 0) is 9.59 Å². The molecule has 1 fully saturated rings. The maximum absolute atomic E-state index is 11.8. The van der Waals surface area contributed by atoms with Crippen molar-refractivity contribution in [2.24, 2.45) is 11.7 Å². The van der Waals surface area contributed by atoms with Gasteiger partial charge in [-0.3, -0.25) is 9.59 Å². The van der Waals surface area contributed by atoms with Gasteiger partial charge in [0.1, 0.15) is 0 Å². The lowest BCUT2D eigenvalue weighted by Crippen LogP contribution is -2.28. The summed E-state index contributed by atoms with van der Waals surface area (Å²) < 4.78 is 4.98. The van der Waals surface area contributed by atoms with E-state index in [9.17, 15) is 14.7 Å². The standard InChI is InChI=1S/C12H14N2O4/c1-18-10-5-8(2-3-9(10)15)14-6-7(12(13)17)4-11(14)16/h2-3,5,7,15H,4,6H2,1H3,(H2,13,17). The first kappa shape index (κ1) is 12.2. The van der Waals surface area contributed by atoms with Crippen molar-refractivity contribution in [3.05, 3.63) is 18.2 Å². The van der Waals surface area contributed by atoms with Crippen LogP contribution in [0.1, 0.15) is 6.42 Å². The Kier molecular flexibility index (Phi) is 3.10. The zero-order valence-corrected chi connectivity index (χ0v) is 9.92. The maximum atomic E-state index is 11.8. The molecule has 0 bridgehead atoms. The molecule has 1 unspecified atom stereocenters. The first-order chi connectivity index (χ1) is 8.52. The lowest BCUT2D eigenvalue weighted by molar-refractivity contribution is -0.123. The van der Waals surface area contributed by atoms with Crippen molar-refractivity contribution in [2.45, 2.75) is 6.42 Å². The Morgan fingerprint density at radius 2 is 2.28 bits per heavy atom. The predicted octanol–water partition coefficient (Wildman–Crippen LogP) is 0.239. The summed E-state index contributed by atoms with van der Waals surface area (Å²) in [6, 6.07) is 4.59. The van der Waals surface area contributed by atoms with Crippen molar-refractivity contribution < 1.29 is 19.4 Å². The van der Waals surface area contributed by atoms with Crippen LogP contribution in [0.5, 0.6) is 11.5 Å². The molecule has 1 atom stereocenters. The van der Waals surface area contributed by atoms with E-state index in [2.05, 4.69) is 0 Å². The highest BCUT2D eigenvalue weighted by atomic mass is 16.5. The van der Waals surface area contributed by atoms with Crippen molar-refractivity contribution in [3.8, 4) is 11.5 Å².